The van der Waals surface area contributed by atoms with Crippen LogP contribution in [0.3, 0.4) is 0 Å². The molecule has 0 aliphatic carbocycles. The molecule has 1 aliphatic rings. The van der Waals surface area contributed by atoms with Crippen LogP contribution in [-0.4, -0.2) is 52.1 Å². The zero-order valence-corrected chi connectivity index (χ0v) is 12.3. The highest BCUT2D eigenvalue weighted by Gasteiger charge is 2.19. The number of carboxylic acid groups (broad SMARTS) is 1. The predicted octanol–water partition coefficient (Wildman–Crippen LogP) is 1.56. The quantitative estimate of drug-likeness (QED) is 0.924. The molecule has 3 heterocycles. The molecule has 0 amide bonds. The standard InChI is InChI=1S/C14H16N4O2S/c19-14(20)12-2-1-3-13(16-12)18-6-4-17(5-7-18)8-11-9-21-10-15-11/h1-3,9-10H,4-8H2,(H,19,20). The van der Waals surface area contributed by atoms with Crippen molar-refractivity contribution in [1.29, 1.82) is 0 Å². The van der Waals surface area contributed by atoms with Gasteiger partial charge in [-0.1, -0.05) is 6.07 Å². The average molecular weight is 304 g/mol. The normalized spacial score (nSPS) is 16.1. The number of nitrogens with zero attached hydrogens (tertiary/aromatic N) is 4. The van der Waals surface area contributed by atoms with Crippen LogP contribution in [0.4, 0.5) is 5.82 Å². The first-order valence-corrected chi connectivity index (χ1v) is 7.71. The zero-order chi connectivity index (χ0) is 14.7. The van der Waals surface area contributed by atoms with Crippen molar-refractivity contribution in [3.63, 3.8) is 0 Å². The first-order chi connectivity index (χ1) is 10.2. The van der Waals surface area contributed by atoms with Crippen molar-refractivity contribution < 1.29 is 9.90 Å². The molecule has 6 nitrogen and oxygen atoms in total. The van der Waals surface area contributed by atoms with Crippen molar-refractivity contribution in [3.8, 4) is 0 Å². The minimum absolute atomic E-state index is 0.0948. The minimum atomic E-state index is -0.987. The molecule has 2 aromatic rings. The Morgan fingerprint density at radius 1 is 1.29 bits per heavy atom. The summed E-state index contributed by atoms with van der Waals surface area (Å²) in [5, 5.41) is 11.1. The maximum absolute atomic E-state index is 11.0. The van der Waals surface area contributed by atoms with E-state index in [2.05, 4.69) is 25.1 Å². The van der Waals surface area contributed by atoms with Crippen molar-refractivity contribution in [3.05, 3.63) is 40.5 Å². The number of aromatic nitrogens is 2. The van der Waals surface area contributed by atoms with E-state index >= 15 is 0 Å². The molecular formula is C14H16N4O2S. The van der Waals surface area contributed by atoms with Gasteiger partial charge < -0.3 is 10.0 Å². The number of piperazine rings is 1. The molecule has 0 aromatic carbocycles. The smallest absolute Gasteiger partial charge is 0.354 e. The molecule has 1 fully saturated rings. The summed E-state index contributed by atoms with van der Waals surface area (Å²) in [7, 11) is 0. The van der Waals surface area contributed by atoms with Crippen molar-refractivity contribution in [1.82, 2.24) is 14.9 Å². The Morgan fingerprint density at radius 2 is 2.10 bits per heavy atom. The Morgan fingerprint density at radius 3 is 2.76 bits per heavy atom. The molecule has 3 rings (SSSR count). The number of carbonyl (C=O) groups is 1. The summed E-state index contributed by atoms with van der Waals surface area (Å²) < 4.78 is 0. The van der Waals surface area contributed by atoms with E-state index in [9.17, 15) is 4.79 Å². The van der Waals surface area contributed by atoms with E-state index in [1.807, 2.05) is 11.6 Å². The monoisotopic (exact) mass is 304 g/mol. The molecule has 0 saturated carbocycles. The number of carboxylic acids is 1. The van der Waals surface area contributed by atoms with Gasteiger partial charge in [-0.25, -0.2) is 14.8 Å². The van der Waals surface area contributed by atoms with E-state index in [4.69, 9.17) is 5.11 Å². The SMILES string of the molecule is O=C(O)c1cccc(N2CCN(Cc3cscn3)CC2)n1. The van der Waals surface area contributed by atoms with Crippen LogP contribution in [0.1, 0.15) is 16.2 Å². The van der Waals surface area contributed by atoms with E-state index in [0.717, 1.165) is 44.2 Å². The summed E-state index contributed by atoms with van der Waals surface area (Å²) >= 11 is 1.62. The highest BCUT2D eigenvalue weighted by Crippen LogP contribution is 2.15. The van der Waals surface area contributed by atoms with Crippen LogP contribution in [0.5, 0.6) is 0 Å². The minimum Gasteiger partial charge on any atom is -0.477 e. The van der Waals surface area contributed by atoms with E-state index in [-0.39, 0.29) is 5.69 Å². The Kier molecular flexibility index (Phi) is 4.12. The van der Waals surface area contributed by atoms with Crippen molar-refractivity contribution in [2.45, 2.75) is 6.54 Å². The van der Waals surface area contributed by atoms with E-state index in [1.165, 1.54) is 6.07 Å². The fourth-order valence-electron chi connectivity index (χ4n) is 2.40. The third kappa shape index (κ3) is 3.37. The maximum atomic E-state index is 11.0. The molecule has 7 heteroatoms. The number of thiazole rings is 1. The van der Waals surface area contributed by atoms with Gasteiger partial charge in [0.05, 0.1) is 11.2 Å². The van der Waals surface area contributed by atoms with Crippen LogP contribution in [0.2, 0.25) is 0 Å². The Labute approximate surface area is 126 Å². The Balaban J connectivity index is 1.60. The number of anilines is 1. The molecule has 0 atom stereocenters. The number of aromatic carboxylic acids is 1. The third-order valence-corrected chi connectivity index (χ3v) is 4.15. The highest BCUT2D eigenvalue weighted by atomic mass is 32.1. The van der Waals surface area contributed by atoms with Crippen LogP contribution in [-0.2, 0) is 6.54 Å². The van der Waals surface area contributed by atoms with Gasteiger partial charge >= 0.3 is 5.97 Å². The lowest BCUT2D eigenvalue weighted by Crippen LogP contribution is -2.46. The van der Waals surface area contributed by atoms with Gasteiger partial charge in [0.25, 0.3) is 0 Å². The topological polar surface area (TPSA) is 69.6 Å². The third-order valence-electron chi connectivity index (χ3n) is 3.52. The Hall–Kier alpha value is -1.99. The summed E-state index contributed by atoms with van der Waals surface area (Å²) in [4.78, 5) is 24.0. The van der Waals surface area contributed by atoms with Crippen LogP contribution < -0.4 is 4.90 Å². The van der Waals surface area contributed by atoms with Crippen LogP contribution in [0, 0.1) is 0 Å². The Bertz CT molecular complexity index is 609. The van der Waals surface area contributed by atoms with Crippen LogP contribution in [0.15, 0.2) is 29.1 Å². The summed E-state index contributed by atoms with van der Waals surface area (Å²) in [5.41, 5.74) is 3.06. The molecular weight excluding hydrogens is 288 g/mol. The maximum Gasteiger partial charge on any atom is 0.354 e. The van der Waals surface area contributed by atoms with Gasteiger partial charge in [0, 0.05) is 38.1 Å². The van der Waals surface area contributed by atoms with Crippen LogP contribution >= 0.6 is 11.3 Å². The molecule has 1 aliphatic heterocycles. The lowest BCUT2D eigenvalue weighted by Gasteiger charge is -2.35. The lowest BCUT2D eigenvalue weighted by atomic mass is 10.2. The van der Waals surface area contributed by atoms with Gasteiger partial charge in [0.2, 0.25) is 0 Å². The zero-order valence-electron chi connectivity index (χ0n) is 11.5. The molecule has 1 N–H and O–H groups in total. The lowest BCUT2D eigenvalue weighted by molar-refractivity contribution is 0.0690. The molecule has 2 aromatic heterocycles. The molecule has 0 unspecified atom stereocenters. The summed E-state index contributed by atoms with van der Waals surface area (Å²) in [6.07, 6.45) is 0. The van der Waals surface area contributed by atoms with Crippen molar-refractivity contribution >= 4 is 23.1 Å². The van der Waals surface area contributed by atoms with Gasteiger partial charge in [-0.05, 0) is 12.1 Å². The molecule has 0 bridgehead atoms. The van der Waals surface area contributed by atoms with Gasteiger partial charge in [0.15, 0.2) is 5.69 Å². The number of pyridine rings is 1. The van der Waals surface area contributed by atoms with Gasteiger partial charge in [0.1, 0.15) is 5.82 Å². The summed E-state index contributed by atoms with van der Waals surface area (Å²) in [6, 6.07) is 5.13. The van der Waals surface area contributed by atoms with Gasteiger partial charge in [-0.2, -0.15) is 0 Å². The number of hydrogen-bond acceptors (Lipinski definition) is 6. The van der Waals surface area contributed by atoms with Crippen molar-refractivity contribution in [2.75, 3.05) is 31.1 Å². The first kappa shape index (κ1) is 14.0. The van der Waals surface area contributed by atoms with E-state index in [0.29, 0.717) is 0 Å². The van der Waals surface area contributed by atoms with Gasteiger partial charge in [-0.15, -0.1) is 11.3 Å². The van der Waals surface area contributed by atoms with Gasteiger partial charge in [-0.3, -0.25) is 4.90 Å². The molecule has 110 valence electrons. The molecule has 21 heavy (non-hydrogen) atoms. The largest absolute Gasteiger partial charge is 0.477 e. The number of rotatable bonds is 4. The second kappa shape index (κ2) is 6.19. The van der Waals surface area contributed by atoms with Crippen molar-refractivity contribution in [2.24, 2.45) is 0 Å². The highest BCUT2D eigenvalue weighted by molar-refractivity contribution is 7.07. The molecule has 0 spiro atoms. The predicted molar refractivity (Wildman–Crippen MR) is 80.8 cm³/mol. The fraction of sp³-hybridized carbons (Fsp3) is 0.357. The van der Waals surface area contributed by atoms with Crippen LogP contribution in [0.25, 0.3) is 0 Å². The first-order valence-electron chi connectivity index (χ1n) is 6.77. The second-order valence-electron chi connectivity index (χ2n) is 4.93. The summed E-state index contributed by atoms with van der Waals surface area (Å²) in [6.45, 7) is 4.42. The summed E-state index contributed by atoms with van der Waals surface area (Å²) in [5.74, 6) is -0.248. The fourth-order valence-corrected chi connectivity index (χ4v) is 2.95. The second-order valence-corrected chi connectivity index (χ2v) is 5.65. The molecule has 1 saturated heterocycles. The van der Waals surface area contributed by atoms with E-state index < -0.39 is 5.97 Å². The average Bonchev–Trinajstić information content (AvgIpc) is 3.01. The number of hydrogen-bond donors (Lipinski definition) is 1. The molecule has 0 radical (unpaired) electrons. The van der Waals surface area contributed by atoms with E-state index in [1.54, 1.807) is 17.4 Å².